The molecule has 0 saturated carbocycles. The van der Waals surface area contributed by atoms with Gasteiger partial charge >= 0.3 is 0 Å². The first-order valence-electron chi connectivity index (χ1n) is 9.82. The third-order valence-corrected chi connectivity index (χ3v) is 5.57. The zero-order valence-corrected chi connectivity index (χ0v) is 16.9. The average molecular weight is 401 g/mol. The molecule has 7 heteroatoms. The van der Waals surface area contributed by atoms with Gasteiger partial charge in [0.2, 0.25) is 5.91 Å². The van der Waals surface area contributed by atoms with Gasteiger partial charge in [-0.1, -0.05) is 18.2 Å². The number of carbonyl (C=O) groups excluding carboxylic acids is 2. The second-order valence-electron chi connectivity index (χ2n) is 6.89. The maximum Gasteiger partial charge on any atom is 0.252 e. The number of nitrogens with zero attached hydrogens (tertiary/aromatic N) is 2. The lowest BCUT2D eigenvalue weighted by Gasteiger charge is -2.36. The Morgan fingerprint density at radius 2 is 1.75 bits per heavy atom. The molecule has 1 saturated heterocycles. The van der Waals surface area contributed by atoms with Crippen molar-refractivity contribution in [3.8, 4) is 0 Å². The van der Waals surface area contributed by atoms with Crippen LogP contribution in [0.25, 0.3) is 0 Å². The maximum atomic E-state index is 11.9. The van der Waals surface area contributed by atoms with Crippen molar-refractivity contribution in [3.05, 3.63) is 52.7 Å². The summed E-state index contributed by atoms with van der Waals surface area (Å²) in [6.45, 7) is 6.23. The summed E-state index contributed by atoms with van der Waals surface area (Å²) in [5, 5.41) is 9.37. The Hall–Kier alpha value is -2.38. The highest BCUT2D eigenvalue weighted by molar-refractivity contribution is 7.08. The van der Waals surface area contributed by atoms with Crippen LogP contribution < -0.4 is 15.5 Å². The quantitative estimate of drug-likeness (QED) is 0.634. The molecule has 0 radical (unpaired) electrons. The van der Waals surface area contributed by atoms with E-state index in [9.17, 15) is 9.59 Å². The second kappa shape index (κ2) is 10.8. The number of hydrogen-bond acceptors (Lipinski definition) is 5. The third kappa shape index (κ3) is 6.35. The monoisotopic (exact) mass is 400 g/mol. The molecular formula is C21H28N4O2S. The van der Waals surface area contributed by atoms with E-state index >= 15 is 0 Å². The predicted octanol–water partition coefficient (Wildman–Crippen LogP) is 2.20. The van der Waals surface area contributed by atoms with Crippen molar-refractivity contribution < 1.29 is 9.59 Å². The number of amides is 2. The molecule has 0 unspecified atom stereocenters. The van der Waals surface area contributed by atoms with Crippen LogP contribution in [-0.2, 0) is 4.79 Å². The Bertz CT molecular complexity index is 728. The van der Waals surface area contributed by atoms with Crippen molar-refractivity contribution in [2.24, 2.45) is 0 Å². The van der Waals surface area contributed by atoms with Crippen LogP contribution in [0, 0.1) is 0 Å². The normalized spacial score (nSPS) is 14.6. The average Bonchev–Trinajstić information content (AvgIpc) is 3.27. The van der Waals surface area contributed by atoms with Gasteiger partial charge in [-0.2, -0.15) is 11.3 Å². The fourth-order valence-electron chi connectivity index (χ4n) is 3.27. The molecule has 3 rings (SSSR count). The number of para-hydroxylation sites is 1. The summed E-state index contributed by atoms with van der Waals surface area (Å²) < 4.78 is 0. The Labute approximate surface area is 170 Å². The van der Waals surface area contributed by atoms with E-state index in [1.165, 1.54) is 17.0 Å². The summed E-state index contributed by atoms with van der Waals surface area (Å²) in [5.74, 6) is -0.136. The van der Waals surface area contributed by atoms with Crippen molar-refractivity contribution in [1.29, 1.82) is 0 Å². The van der Waals surface area contributed by atoms with Gasteiger partial charge in [-0.25, -0.2) is 0 Å². The molecule has 2 heterocycles. The molecule has 6 nitrogen and oxygen atoms in total. The van der Waals surface area contributed by atoms with Gasteiger partial charge in [0, 0.05) is 62.3 Å². The Balaban J connectivity index is 1.22. The topological polar surface area (TPSA) is 64.7 Å². The number of piperazine rings is 1. The lowest BCUT2D eigenvalue weighted by Crippen LogP contribution is -2.47. The van der Waals surface area contributed by atoms with Gasteiger partial charge in [0.05, 0.1) is 0 Å². The minimum Gasteiger partial charge on any atom is -0.369 e. The highest BCUT2D eigenvalue weighted by atomic mass is 32.1. The third-order valence-electron chi connectivity index (χ3n) is 4.89. The first-order chi connectivity index (χ1) is 13.7. The van der Waals surface area contributed by atoms with Crippen LogP contribution >= 0.6 is 11.3 Å². The van der Waals surface area contributed by atoms with Crippen LogP contribution in [0.2, 0.25) is 0 Å². The number of hydrogen-bond donors (Lipinski definition) is 2. The SMILES string of the molecule is O=C(CCNC(=O)c1ccsc1)NCCCN1CCN(c2ccccc2)CC1. The van der Waals surface area contributed by atoms with E-state index < -0.39 is 0 Å². The van der Waals surface area contributed by atoms with Gasteiger partial charge in [-0.3, -0.25) is 14.5 Å². The van der Waals surface area contributed by atoms with Gasteiger partial charge in [0.25, 0.3) is 5.91 Å². The molecule has 0 aliphatic carbocycles. The standard InChI is InChI=1S/C21H28N4O2S/c26-20(7-10-23-21(27)18-8-16-28-17-18)22-9-4-11-24-12-14-25(15-13-24)19-5-2-1-3-6-19/h1-3,5-6,8,16-17H,4,7,9-15H2,(H,22,26)(H,23,27). The van der Waals surface area contributed by atoms with Gasteiger partial charge < -0.3 is 15.5 Å². The smallest absolute Gasteiger partial charge is 0.252 e. The summed E-state index contributed by atoms with van der Waals surface area (Å²) in [5.41, 5.74) is 1.94. The molecule has 1 fully saturated rings. The molecular weight excluding hydrogens is 372 g/mol. The summed E-state index contributed by atoms with van der Waals surface area (Å²) >= 11 is 1.49. The molecule has 1 aliphatic rings. The molecule has 0 atom stereocenters. The minimum atomic E-state index is -0.122. The number of carbonyl (C=O) groups is 2. The van der Waals surface area contributed by atoms with E-state index in [-0.39, 0.29) is 11.8 Å². The van der Waals surface area contributed by atoms with Crippen molar-refractivity contribution >= 4 is 28.8 Å². The fourth-order valence-corrected chi connectivity index (χ4v) is 3.91. The molecule has 1 aromatic carbocycles. The number of nitrogens with one attached hydrogen (secondary N) is 2. The van der Waals surface area contributed by atoms with Gasteiger partial charge in [-0.05, 0) is 36.5 Å². The van der Waals surface area contributed by atoms with Crippen LogP contribution in [0.4, 0.5) is 5.69 Å². The van der Waals surface area contributed by atoms with Crippen molar-refractivity contribution in [2.75, 3.05) is 50.7 Å². The van der Waals surface area contributed by atoms with E-state index in [0.717, 1.165) is 39.1 Å². The number of benzene rings is 1. The zero-order chi connectivity index (χ0) is 19.6. The Morgan fingerprint density at radius 1 is 0.964 bits per heavy atom. The van der Waals surface area contributed by atoms with Crippen molar-refractivity contribution in [3.63, 3.8) is 0 Å². The molecule has 28 heavy (non-hydrogen) atoms. The van der Waals surface area contributed by atoms with Gasteiger partial charge in [0.15, 0.2) is 0 Å². The number of anilines is 1. The summed E-state index contributed by atoms with van der Waals surface area (Å²) in [4.78, 5) is 28.5. The van der Waals surface area contributed by atoms with Crippen LogP contribution in [0.3, 0.4) is 0 Å². The van der Waals surface area contributed by atoms with Crippen molar-refractivity contribution in [1.82, 2.24) is 15.5 Å². The molecule has 1 aromatic heterocycles. The van der Waals surface area contributed by atoms with Gasteiger partial charge in [0.1, 0.15) is 0 Å². The molecule has 2 N–H and O–H groups in total. The van der Waals surface area contributed by atoms with E-state index in [0.29, 0.717) is 25.1 Å². The largest absolute Gasteiger partial charge is 0.369 e. The van der Waals surface area contributed by atoms with E-state index in [2.05, 4.69) is 44.7 Å². The van der Waals surface area contributed by atoms with E-state index in [1.54, 1.807) is 11.4 Å². The van der Waals surface area contributed by atoms with Crippen LogP contribution in [-0.4, -0.2) is 62.5 Å². The molecule has 0 spiro atoms. The molecule has 2 amide bonds. The first kappa shape index (κ1) is 20.4. The highest BCUT2D eigenvalue weighted by Gasteiger charge is 2.16. The minimum absolute atomic E-state index is 0.0143. The molecule has 150 valence electrons. The van der Waals surface area contributed by atoms with Crippen LogP contribution in [0.5, 0.6) is 0 Å². The molecule has 2 aromatic rings. The number of thiophene rings is 1. The zero-order valence-electron chi connectivity index (χ0n) is 16.1. The van der Waals surface area contributed by atoms with Gasteiger partial charge in [-0.15, -0.1) is 0 Å². The van der Waals surface area contributed by atoms with E-state index in [4.69, 9.17) is 0 Å². The maximum absolute atomic E-state index is 11.9. The van der Waals surface area contributed by atoms with E-state index in [1.807, 2.05) is 11.4 Å². The predicted molar refractivity (Wildman–Crippen MR) is 114 cm³/mol. The van der Waals surface area contributed by atoms with Crippen LogP contribution in [0.1, 0.15) is 23.2 Å². The Morgan fingerprint density at radius 3 is 2.46 bits per heavy atom. The molecule has 0 bridgehead atoms. The van der Waals surface area contributed by atoms with Crippen LogP contribution in [0.15, 0.2) is 47.2 Å². The second-order valence-corrected chi connectivity index (χ2v) is 7.67. The van der Waals surface area contributed by atoms with Crippen molar-refractivity contribution in [2.45, 2.75) is 12.8 Å². The summed E-state index contributed by atoms with van der Waals surface area (Å²) in [6.07, 6.45) is 1.25. The lowest BCUT2D eigenvalue weighted by atomic mass is 10.2. The first-order valence-corrected chi connectivity index (χ1v) is 10.8. The lowest BCUT2D eigenvalue weighted by molar-refractivity contribution is -0.120. The highest BCUT2D eigenvalue weighted by Crippen LogP contribution is 2.15. The molecule has 1 aliphatic heterocycles. The summed E-state index contributed by atoms with van der Waals surface area (Å²) in [6, 6.07) is 12.3. The summed E-state index contributed by atoms with van der Waals surface area (Å²) in [7, 11) is 0. The Kier molecular flexibility index (Phi) is 7.87. The number of rotatable bonds is 9. The fraction of sp³-hybridized carbons (Fsp3) is 0.429.